The highest BCUT2D eigenvalue weighted by Crippen LogP contribution is 2.14. The van der Waals surface area contributed by atoms with Gasteiger partial charge in [0.25, 0.3) is 0 Å². The fourth-order valence-electron chi connectivity index (χ4n) is 1.29. The Hall–Kier alpha value is -2.44. The van der Waals surface area contributed by atoms with Crippen LogP contribution in [-0.4, -0.2) is 30.6 Å². The molecule has 0 fully saturated rings. The number of carbonyl (C=O) groups is 1. The normalized spacial score (nSPS) is 10.5. The van der Waals surface area contributed by atoms with Gasteiger partial charge in [-0.15, -0.1) is 0 Å². The van der Waals surface area contributed by atoms with E-state index in [1.807, 2.05) is 0 Å². The van der Waals surface area contributed by atoms with Crippen LogP contribution in [0.1, 0.15) is 0 Å². The van der Waals surface area contributed by atoms with Crippen molar-refractivity contribution in [2.45, 2.75) is 6.54 Å². The van der Waals surface area contributed by atoms with Crippen molar-refractivity contribution in [1.29, 1.82) is 0 Å². The van der Waals surface area contributed by atoms with Crippen molar-refractivity contribution in [1.82, 2.24) is 19.5 Å². The van der Waals surface area contributed by atoms with E-state index in [0.29, 0.717) is 11.2 Å². The second-order valence-corrected chi connectivity index (χ2v) is 3.21. The number of carboxylic acid groups (broad SMARTS) is 1. The van der Waals surface area contributed by atoms with Gasteiger partial charge in [0.15, 0.2) is 11.5 Å². The molecule has 0 atom stereocenters. The van der Waals surface area contributed by atoms with Crippen molar-refractivity contribution < 1.29 is 9.90 Å². The van der Waals surface area contributed by atoms with Crippen molar-refractivity contribution in [2.75, 3.05) is 5.73 Å². The SMILES string of the molecule is C=C(Cn1cnc2c(N)ncnc21)C(=O)O. The first-order valence-corrected chi connectivity index (χ1v) is 4.42. The van der Waals surface area contributed by atoms with E-state index in [1.165, 1.54) is 12.7 Å². The quantitative estimate of drug-likeness (QED) is 0.706. The second-order valence-electron chi connectivity index (χ2n) is 3.21. The third-order valence-corrected chi connectivity index (χ3v) is 2.09. The van der Waals surface area contributed by atoms with Crippen LogP contribution in [0.5, 0.6) is 0 Å². The summed E-state index contributed by atoms with van der Waals surface area (Å²) in [7, 11) is 0. The summed E-state index contributed by atoms with van der Waals surface area (Å²) in [5.41, 5.74) is 6.60. The van der Waals surface area contributed by atoms with E-state index in [-0.39, 0.29) is 17.9 Å². The number of aliphatic carboxylic acids is 1. The number of nitrogens with two attached hydrogens (primary N) is 1. The highest BCUT2D eigenvalue weighted by Gasteiger charge is 2.10. The lowest BCUT2D eigenvalue weighted by Crippen LogP contribution is -2.08. The molecule has 82 valence electrons. The predicted molar refractivity (Wildman–Crippen MR) is 56.5 cm³/mol. The minimum Gasteiger partial charge on any atom is -0.478 e. The van der Waals surface area contributed by atoms with Crippen LogP contribution in [0.25, 0.3) is 11.2 Å². The van der Waals surface area contributed by atoms with Gasteiger partial charge in [-0.05, 0) is 0 Å². The lowest BCUT2D eigenvalue weighted by Gasteiger charge is -2.02. The van der Waals surface area contributed by atoms with Crippen LogP contribution in [0, 0.1) is 0 Å². The molecule has 7 nitrogen and oxygen atoms in total. The zero-order valence-electron chi connectivity index (χ0n) is 8.29. The number of hydrogen-bond acceptors (Lipinski definition) is 5. The summed E-state index contributed by atoms with van der Waals surface area (Å²) < 4.78 is 1.56. The van der Waals surface area contributed by atoms with Crippen LogP contribution < -0.4 is 5.73 Å². The third-order valence-electron chi connectivity index (χ3n) is 2.09. The summed E-state index contributed by atoms with van der Waals surface area (Å²) in [6, 6.07) is 0. The molecule has 0 saturated heterocycles. The summed E-state index contributed by atoms with van der Waals surface area (Å²) in [5.74, 6) is -0.784. The van der Waals surface area contributed by atoms with E-state index in [0.717, 1.165) is 0 Å². The molecule has 2 heterocycles. The zero-order valence-corrected chi connectivity index (χ0v) is 8.29. The van der Waals surface area contributed by atoms with Gasteiger partial charge in [0.1, 0.15) is 11.8 Å². The Kier molecular flexibility index (Phi) is 2.28. The van der Waals surface area contributed by atoms with Gasteiger partial charge in [-0.2, -0.15) is 0 Å². The fraction of sp³-hybridized carbons (Fsp3) is 0.111. The van der Waals surface area contributed by atoms with E-state index >= 15 is 0 Å². The van der Waals surface area contributed by atoms with E-state index < -0.39 is 5.97 Å². The fourth-order valence-corrected chi connectivity index (χ4v) is 1.29. The third kappa shape index (κ3) is 1.58. The Morgan fingerprint density at radius 3 is 2.94 bits per heavy atom. The summed E-state index contributed by atoms with van der Waals surface area (Å²) in [4.78, 5) is 22.4. The van der Waals surface area contributed by atoms with Gasteiger partial charge < -0.3 is 15.4 Å². The number of fused-ring (bicyclic) bond motifs is 1. The number of aromatic nitrogens is 4. The van der Waals surface area contributed by atoms with Gasteiger partial charge in [-0.1, -0.05) is 6.58 Å². The second kappa shape index (κ2) is 3.61. The lowest BCUT2D eigenvalue weighted by atomic mass is 10.3. The van der Waals surface area contributed by atoms with E-state index in [2.05, 4.69) is 21.5 Å². The molecule has 0 bridgehead atoms. The van der Waals surface area contributed by atoms with Gasteiger partial charge in [0, 0.05) is 5.57 Å². The van der Waals surface area contributed by atoms with Crippen LogP contribution in [0.4, 0.5) is 5.82 Å². The van der Waals surface area contributed by atoms with E-state index in [4.69, 9.17) is 10.8 Å². The molecule has 0 aliphatic carbocycles. The van der Waals surface area contributed by atoms with Crippen molar-refractivity contribution in [3.05, 3.63) is 24.8 Å². The van der Waals surface area contributed by atoms with Crippen LogP contribution in [0.15, 0.2) is 24.8 Å². The highest BCUT2D eigenvalue weighted by molar-refractivity contribution is 5.86. The number of anilines is 1. The molecule has 2 aromatic heterocycles. The Labute approximate surface area is 90.3 Å². The number of hydrogen-bond donors (Lipinski definition) is 2. The Morgan fingerprint density at radius 2 is 2.25 bits per heavy atom. The number of nitrogens with zero attached hydrogens (tertiary/aromatic N) is 4. The van der Waals surface area contributed by atoms with Crippen molar-refractivity contribution >= 4 is 23.0 Å². The van der Waals surface area contributed by atoms with Crippen LogP contribution in [0.2, 0.25) is 0 Å². The average molecular weight is 219 g/mol. The first-order valence-electron chi connectivity index (χ1n) is 4.42. The molecule has 0 spiro atoms. The van der Waals surface area contributed by atoms with Gasteiger partial charge >= 0.3 is 5.97 Å². The van der Waals surface area contributed by atoms with Crippen LogP contribution in [-0.2, 0) is 11.3 Å². The standard InChI is InChI=1S/C9H9N5O2/c1-5(9(15)16)2-14-4-13-6-7(10)11-3-12-8(6)14/h3-4H,1-2H2,(H,15,16)(H2,10,11,12). The zero-order chi connectivity index (χ0) is 11.7. The summed E-state index contributed by atoms with van der Waals surface area (Å²) in [6.45, 7) is 3.55. The van der Waals surface area contributed by atoms with Crippen molar-refractivity contribution in [2.24, 2.45) is 0 Å². The minimum absolute atomic E-state index is 0.0523. The molecule has 0 unspecified atom stereocenters. The predicted octanol–water partition coefficient (Wildman–Crippen LogP) is 0.0493. The maximum atomic E-state index is 10.6. The summed E-state index contributed by atoms with van der Waals surface area (Å²) in [6.07, 6.45) is 2.77. The van der Waals surface area contributed by atoms with Crippen LogP contribution in [0.3, 0.4) is 0 Å². The summed E-state index contributed by atoms with van der Waals surface area (Å²) in [5, 5.41) is 8.72. The Balaban J connectivity index is 2.43. The van der Waals surface area contributed by atoms with Gasteiger partial charge in [0.2, 0.25) is 0 Å². The lowest BCUT2D eigenvalue weighted by molar-refractivity contribution is -0.132. The number of imidazole rings is 1. The number of nitrogen functional groups attached to an aromatic ring is 1. The van der Waals surface area contributed by atoms with Gasteiger partial charge in [-0.3, -0.25) is 0 Å². The summed E-state index contributed by atoms with van der Waals surface area (Å²) >= 11 is 0. The maximum Gasteiger partial charge on any atom is 0.332 e. The molecule has 0 aliphatic rings. The number of carboxylic acids is 1. The first-order chi connectivity index (χ1) is 7.59. The molecule has 0 aromatic carbocycles. The minimum atomic E-state index is -1.05. The molecule has 16 heavy (non-hydrogen) atoms. The first kappa shape index (κ1) is 10.1. The van der Waals surface area contributed by atoms with Crippen molar-refractivity contribution in [3.63, 3.8) is 0 Å². The molecule has 0 saturated carbocycles. The van der Waals surface area contributed by atoms with E-state index in [1.54, 1.807) is 4.57 Å². The molecule has 0 aliphatic heterocycles. The smallest absolute Gasteiger partial charge is 0.332 e. The molecule has 0 radical (unpaired) electrons. The average Bonchev–Trinajstić information content (AvgIpc) is 2.63. The van der Waals surface area contributed by atoms with Crippen molar-refractivity contribution in [3.8, 4) is 0 Å². The molecule has 3 N–H and O–H groups in total. The maximum absolute atomic E-state index is 10.6. The van der Waals surface area contributed by atoms with E-state index in [9.17, 15) is 4.79 Å². The largest absolute Gasteiger partial charge is 0.478 e. The van der Waals surface area contributed by atoms with Gasteiger partial charge in [-0.25, -0.2) is 19.7 Å². The van der Waals surface area contributed by atoms with Crippen LogP contribution >= 0.6 is 0 Å². The molecule has 2 aromatic rings. The molecule has 2 rings (SSSR count). The Morgan fingerprint density at radius 1 is 1.50 bits per heavy atom. The molecular weight excluding hydrogens is 210 g/mol. The molecular formula is C9H9N5O2. The molecule has 0 amide bonds. The number of rotatable bonds is 3. The van der Waals surface area contributed by atoms with Gasteiger partial charge in [0.05, 0.1) is 12.9 Å². The monoisotopic (exact) mass is 219 g/mol. The topological polar surface area (TPSA) is 107 Å². The highest BCUT2D eigenvalue weighted by atomic mass is 16.4. The molecule has 7 heteroatoms. The Bertz CT molecular complexity index is 574.